The molecule has 0 saturated carbocycles. The molecule has 5 nitrogen and oxygen atoms in total. The molecule has 1 heterocycles. The quantitative estimate of drug-likeness (QED) is 0.505. The van der Waals surface area contributed by atoms with Gasteiger partial charge in [0.15, 0.2) is 5.82 Å². The number of nitrogens with two attached hydrogens (primary N) is 2. The number of nitrogens with one attached hydrogen (secondary N) is 2. The summed E-state index contributed by atoms with van der Waals surface area (Å²) >= 11 is 0. The van der Waals surface area contributed by atoms with E-state index in [1.807, 2.05) is 49.4 Å². The van der Waals surface area contributed by atoms with Crippen molar-refractivity contribution in [2.75, 3.05) is 11.1 Å². The lowest BCUT2D eigenvalue weighted by molar-refractivity contribution is 1.23. The van der Waals surface area contributed by atoms with Crippen LogP contribution in [0.2, 0.25) is 0 Å². The summed E-state index contributed by atoms with van der Waals surface area (Å²) in [5.41, 5.74) is 16.7. The average Bonchev–Trinajstić information content (AvgIpc) is 2.81. The van der Waals surface area contributed by atoms with Crippen molar-refractivity contribution in [3.05, 3.63) is 77.7 Å². The number of nitrogens with zero attached hydrogens (tertiary/aromatic N) is 1. The molecular weight excluding hydrogens is 310 g/mol. The molecule has 25 heavy (non-hydrogen) atoms. The third kappa shape index (κ3) is 3.45. The van der Waals surface area contributed by atoms with E-state index < -0.39 is 0 Å². The lowest BCUT2D eigenvalue weighted by Gasteiger charge is -2.17. The van der Waals surface area contributed by atoms with Crippen molar-refractivity contribution < 1.29 is 0 Å². The zero-order chi connectivity index (χ0) is 17.8. The Hall–Kier alpha value is -3.34. The highest BCUT2D eigenvalue weighted by molar-refractivity contribution is 6.07. The van der Waals surface area contributed by atoms with Crippen LogP contribution in [-0.4, -0.2) is 10.8 Å². The van der Waals surface area contributed by atoms with E-state index in [0.29, 0.717) is 17.1 Å². The molecule has 0 amide bonds. The third-order valence-corrected chi connectivity index (χ3v) is 4.09. The zero-order valence-corrected chi connectivity index (χ0v) is 14.1. The highest BCUT2D eigenvalue weighted by Gasteiger charge is 2.17. The molecule has 0 saturated heterocycles. The minimum atomic E-state index is -0.0782. The predicted molar refractivity (Wildman–Crippen MR) is 104 cm³/mol. The van der Waals surface area contributed by atoms with Crippen LogP contribution in [0.3, 0.4) is 0 Å². The number of benzene rings is 1. The fourth-order valence-electron chi connectivity index (χ4n) is 2.76. The summed E-state index contributed by atoms with van der Waals surface area (Å²) in [5, 5.41) is 11.2. The fraction of sp³-hybridized carbons (Fsp3) is 0.100. The molecule has 0 spiro atoms. The Morgan fingerprint density at radius 1 is 1.24 bits per heavy atom. The minimum Gasteiger partial charge on any atom is -0.395 e. The van der Waals surface area contributed by atoms with Crippen molar-refractivity contribution in [1.29, 1.82) is 5.41 Å². The Bertz CT molecular complexity index is 892. The molecule has 2 aromatic rings. The summed E-state index contributed by atoms with van der Waals surface area (Å²) in [5.74, 6) is 0.427. The largest absolute Gasteiger partial charge is 0.395 e. The molecule has 5 heteroatoms. The van der Waals surface area contributed by atoms with E-state index in [1.54, 1.807) is 6.20 Å². The van der Waals surface area contributed by atoms with Gasteiger partial charge in [0.1, 0.15) is 5.84 Å². The molecule has 0 unspecified atom stereocenters. The molecule has 6 N–H and O–H groups in total. The summed E-state index contributed by atoms with van der Waals surface area (Å²) in [6.45, 7) is 2.02. The van der Waals surface area contributed by atoms with Gasteiger partial charge in [-0.2, -0.15) is 0 Å². The molecular formula is C20H21N5. The first-order valence-electron chi connectivity index (χ1n) is 8.07. The molecule has 1 aliphatic rings. The van der Waals surface area contributed by atoms with Crippen LogP contribution in [0.4, 0.5) is 11.5 Å². The molecule has 0 aliphatic heterocycles. The van der Waals surface area contributed by atoms with Crippen LogP contribution < -0.4 is 16.8 Å². The van der Waals surface area contributed by atoms with Gasteiger partial charge < -0.3 is 16.8 Å². The number of hydrogen-bond donors (Lipinski definition) is 4. The summed E-state index contributed by atoms with van der Waals surface area (Å²) in [6, 6.07) is 9.69. The minimum absolute atomic E-state index is 0.0782. The topological polar surface area (TPSA) is 101 Å². The van der Waals surface area contributed by atoms with E-state index in [9.17, 15) is 0 Å². The fourth-order valence-corrected chi connectivity index (χ4v) is 2.76. The molecule has 0 atom stereocenters. The number of nitrogen functional groups attached to an aromatic ring is 2. The van der Waals surface area contributed by atoms with Crippen LogP contribution in [0, 0.1) is 5.41 Å². The first-order chi connectivity index (χ1) is 12.1. The Morgan fingerprint density at radius 2 is 2.00 bits per heavy atom. The maximum Gasteiger partial charge on any atom is 0.154 e. The van der Waals surface area contributed by atoms with Gasteiger partial charge >= 0.3 is 0 Å². The Kier molecular flexibility index (Phi) is 4.66. The van der Waals surface area contributed by atoms with Gasteiger partial charge in [-0.1, -0.05) is 54.6 Å². The van der Waals surface area contributed by atoms with Gasteiger partial charge in [-0.25, -0.2) is 4.98 Å². The number of pyridine rings is 1. The van der Waals surface area contributed by atoms with E-state index >= 15 is 0 Å². The SMILES string of the molecule is CC1=CC=CCC=C1Nc1ncc(-c2ccccc2)c(C(=N)N)c1N. The molecule has 126 valence electrons. The number of amidine groups is 1. The normalized spacial score (nSPS) is 13.6. The van der Waals surface area contributed by atoms with Crippen LogP contribution in [0.15, 0.2) is 72.1 Å². The number of hydrogen-bond acceptors (Lipinski definition) is 4. The first-order valence-corrected chi connectivity index (χ1v) is 8.07. The molecule has 0 bridgehead atoms. The van der Waals surface area contributed by atoms with Crippen LogP contribution >= 0.6 is 0 Å². The molecule has 0 fully saturated rings. The van der Waals surface area contributed by atoms with E-state index in [1.165, 1.54) is 0 Å². The maximum absolute atomic E-state index is 7.96. The van der Waals surface area contributed by atoms with Gasteiger partial charge in [0.05, 0.1) is 11.3 Å². The van der Waals surface area contributed by atoms with Crippen molar-refractivity contribution in [2.24, 2.45) is 5.73 Å². The number of aromatic nitrogens is 1. The van der Waals surface area contributed by atoms with E-state index in [0.717, 1.165) is 28.8 Å². The van der Waals surface area contributed by atoms with Crippen LogP contribution in [0.25, 0.3) is 11.1 Å². The van der Waals surface area contributed by atoms with Gasteiger partial charge in [-0.05, 0) is 24.5 Å². The van der Waals surface area contributed by atoms with Crippen molar-refractivity contribution in [3.63, 3.8) is 0 Å². The maximum atomic E-state index is 7.96. The van der Waals surface area contributed by atoms with Crippen LogP contribution in [-0.2, 0) is 0 Å². The smallest absolute Gasteiger partial charge is 0.154 e. The van der Waals surface area contributed by atoms with E-state index in [-0.39, 0.29) is 5.84 Å². The third-order valence-electron chi connectivity index (χ3n) is 4.09. The van der Waals surface area contributed by atoms with E-state index in [2.05, 4.69) is 22.5 Å². The average molecular weight is 331 g/mol. The van der Waals surface area contributed by atoms with Gasteiger partial charge in [-0.15, -0.1) is 0 Å². The van der Waals surface area contributed by atoms with Gasteiger partial charge in [-0.3, -0.25) is 5.41 Å². The van der Waals surface area contributed by atoms with Crippen LogP contribution in [0.1, 0.15) is 18.9 Å². The Balaban J connectivity index is 2.04. The first kappa shape index (κ1) is 16.5. The second-order valence-corrected chi connectivity index (χ2v) is 5.85. The molecule has 3 rings (SSSR count). The Morgan fingerprint density at radius 3 is 2.72 bits per heavy atom. The van der Waals surface area contributed by atoms with Crippen molar-refractivity contribution >= 4 is 17.3 Å². The highest BCUT2D eigenvalue weighted by Crippen LogP contribution is 2.32. The van der Waals surface area contributed by atoms with Crippen molar-refractivity contribution in [3.8, 4) is 11.1 Å². The van der Waals surface area contributed by atoms with Gasteiger partial charge in [0.2, 0.25) is 0 Å². The predicted octanol–water partition coefficient (Wildman–Crippen LogP) is 3.82. The molecule has 1 aliphatic carbocycles. The van der Waals surface area contributed by atoms with Crippen molar-refractivity contribution in [2.45, 2.75) is 13.3 Å². The summed E-state index contributed by atoms with van der Waals surface area (Å²) in [7, 11) is 0. The zero-order valence-electron chi connectivity index (χ0n) is 14.1. The number of anilines is 2. The van der Waals surface area contributed by atoms with Crippen LogP contribution in [0.5, 0.6) is 0 Å². The lowest BCUT2D eigenvalue weighted by Crippen LogP contribution is -2.17. The van der Waals surface area contributed by atoms with Gasteiger partial charge in [0.25, 0.3) is 0 Å². The van der Waals surface area contributed by atoms with Crippen molar-refractivity contribution in [1.82, 2.24) is 4.98 Å². The summed E-state index contributed by atoms with van der Waals surface area (Å²) in [4.78, 5) is 4.48. The summed E-state index contributed by atoms with van der Waals surface area (Å²) < 4.78 is 0. The second kappa shape index (κ2) is 7.05. The number of allylic oxidation sites excluding steroid dienone is 5. The second-order valence-electron chi connectivity index (χ2n) is 5.85. The summed E-state index contributed by atoms with van der Waals surface area (Å²) in [6.07, 6.45) is 10.8. The Labute approximate surface area is 147 Å². The highest BCUT2D eigenvalue weighted by atomic mass is 15.0. The number of rotatable bonds is 4. The molecule has 1 aromatic heterocycles. The van der Waals surface area contributed by atoms with E-state index in [4.69, 9.17) is 16.9 Å². The lowest BCUT2D eigenvalue weighted by atomic mass is 9.99. The standard InChI is InChI=1S/C20H21N5/c1-13-8-4-2-7-11-16(13)25-20-18(21)17(19(22)23)15(12-24-20)14-9-5-3-6-10-14/h2-6,8-12H,7,21H2,1H3,(H3,22,23)(H,24,25). The van der Waals surface area contributed by atoms with Gasteiger partial charge in [0, 0.05) is 17.5 Å². The molecule has 1 aromatic carbocycles. The monoisotopic (exact) mass is 331 g/mol. The molecule has 0 radical (unpaired) electrons.